The van der Waals surface area contributed by atoms with Gasteiger partial charge in [-0.2, -0.15) is 0 Å². The van der Waals surface area contributed by atoms with Crippen molar-refractivity contribution in [2.45, 2.75) is 25.8 Å². The van der Waals surface area contributed by atoms with E-state index in [9.17, 15) is 14.9 Å². The molecule has 1 aromatic heterocycles. The second kappa shape index (κ2) is 9.99. The van der Waals surface area contributed by atoms with E-state index in [4.69, 9.17) is 14.5 Å². The average molecular weight is 540 g/mol. The Morgan fingerprint density at radius 1 is 1.10 bits per heavy atom. The Kier molecular flexibility index (Phi) is 6.36. The van der Waals surface area contributed by atoms with Gasteiger partial charge in [-0.25, -0.2) is 4.99 Å². The maximum absolute atomic E-state index is 13.9. The molecule has 0 fully saturated rings. The molecule has 2 heterocycles. The fraction of sp³-hybridized carbons (Fsp3) is 0.200. The summed E-state index contributed by atoms with van der Waals surface area (Å²) in [6.07, 6.45) is 3.35. The maximum atomic E-state index is 13.9. The predicted molar refractivity (Wildman–Crippen MR) is 150 cm³/mol. The lowest BCUT2D eigenvalue weighted by molar-refractivity contribution is -0.384. The molecule has 2 aliphatic rings. The summed E-state index contributed by atoms with van der Waals surface area (Å²) in [5.41, 5.74) is 5.39. The molecule has 3 aromatic carbocycles. The number of nitro benzene ring substituents is 1. The van der Waals surface area contributed by atoms with Crippen molar-refractivity contribution >= 4 is 28.8 Å². The van der Waals surface area contributed by atoms with Gasteiger partial charge in [-0.1, -0.05) is 53.8 Å². The lowest BCUT2D eigenvalue weighted by Gasteiger charge is -2.30. The van der Waals surface area contributed by atoms with Gasteiger partial charge in [0.2, 0.25) is 0 Å². The molecule has 1 aliphatic heterocycles. The molecule has 0 spiro atoms. The molecule has 196 valence electrons. The van der Waals surface area contributed by atoms with Crippen molar-refractivity contribution in [3.8, 4) is 11.5 Å². The number of hydrogen-bond donors (Lipinski definition) is 0. The van der Waals surface area contributed by atoms with Crippen LogP contribution in [0.1, 0.15) is 41.6 Å². The molecule has 39 heavy (non-hydrogen) atoms. The third-order valence-corrected chi connectivity index (χ3v) is 8.04. The van der Waals surface area contributed by atoms with Crippen LogP contribution in [0.5, 0.6) is 11.5 Å². The summed E-state index contributed by atoms with van der Waals surface area (Å²) in [5.74, 6) is 1.22. The molecule has 0 radical (unpaired) electrons. The number of rotatable bonds is 6. The Bertz CT molecular complexity index is 1840. The molecule has 6 rings (SSSR count). The fourth-order valence-corrected chi connectivity index (χ4v) is 6.33. The van der Waals surface area contributed by atoms with E-state index in [1.54, 1.807) is 23.8 Å². The first-order valence-corrected chi connectivity index (χ1v) is 13.5. The van der Waals surface area contributed by atoms with Crippen LogP contribution in [0.4, 0.5) is 5.69 Å². The summed E-state index contributed by atoms with van der Waals surface area (Å²) >= 11 is 1.31. The number of nitro groups is 1. The predicted octanol–water partition coefficient (Wildman–Crippen LogP) is 4.63. The molecule has 8 nitrogen and oxygen atoms in total. The Hall–Kier alpha value is -4.50. The monoisotopic (exact) mass is 539 g/mol. The smallest absolute Gasteiger partial charge is 0.271 e. The molecular weight excluding hydrogens is 514 g/mol. The standard InChI is InChI=1S/C30H25N3O5S/c1-3-38-24-14-11-18(15-25(24)37-2)16-26-29(34)32-28(20-8-6-9-21(17-20)33(35)36)23-13-12-19-7-4-5-10-22(19)27(23)31-30(32)39-26/h4-11,14-17,28H,3,12-13H2,1-2H3/b26-16+/t28-/m1/s1. The van der Waals surface area contributed by atoms with Crippen molar-refractivity contribution in [2.24, 2.45) is 4.99 Å². The van der Waals surface area contributed by atoms with Crippen molar-refractivity contribution in [1.29, 1.82) is 0 Å². The number of fused-ring (bicyclic) bond motifs is 3. The van der Waals surface area contributed by atoms with Gasteiger partial charge in [0.05, 0.1) is 34.9 Å². The quantitative estimate of drug-likeness (QED) is 0.263. The topological polar surface area (TPSA) is 96.0 Å². The number of aryl methyl sites for hydroxylation is 1. The van der Waals surface area contributed by atoms with E-state index in [2.05, 4.69) is 12.1 Å². The summed E-state index contributed by atoms with van der Waals surface area (Å²) in [6, 6.07) is 19.8. The van der Waals surface area contributed by atoms with Gasteiger partial charge in [-0.15, -0.1) is 0 Å². The minimum absolute atomic E-state index is 0.00790. The number of ether oxygens (including phenoxy) is 2. The van der Waals surface area contributed by atoms with Crippen molar-refractivity contribution in [1.82, 2.24) is 4.57 Å². The third-order valence-electron chi connectivity index (χ3n) is 7.06. The maximum Gasteiger partial charge on any atom is 0.271 e. The van der Waals surface area contributed by atoms with Crippen LogP contribution < -0.4 is 24.4 Å². The molecule has 4 aromatic rings. The van der Waals surface area contributed by atoms with Gasteiger partial charge < -0.3 is 9.47 Å². The highest BCUT2D eigenvalue weighted by molar-refractivity contribution is 7.07. The highest BCUT2D eigenvalue weighted by Crippen LogP contribution is 2.41. The number of methoxy groups -OCH3 is 1. The fourth-order valence-electron chi connectivity index (χ4n) is 5.33. The first-order valence-electron chi connectivity index (χ1n) is 12.7. The first kappa shape index (κ1) is 24.8. The SMILES string of the molecule is CCOc1ccc(/C=c2/sc3n(c2=O)[C@H](c2cccc([N+](=O)[O-])c2)C2=C(N=3)c3ccccc3CC2)cc1OC. The van der Waals surface area contributed by atoms with Gasteiger partial charge in [0.1, 0.15) is 0 Å². The second-order valence-corrected chi connectivity index (χ2v) is 10.3. The number of thiazole rings is 1. The molecule has 0 saturated carbocycles. The van der Waals surface area contributed by atoms with Crippen molar-refractivity contribution in [2.75, 3.05) is 13.7 Å². The molecule has 9 heteroatoms. The van der Waals surface area contributed by atoms with Crippen LogP contribution in [-0.4, -0.2) is 23.2 Å². The zero-order chi connectivity index (χ0) is 27.1. The lowest BCUT2D eigenvalue weighted by Crippen LogP contribution is -2.38. The highest BCUT2D eigenvalue weighted by Gasteiger charge is 2.33. The average Bonchev–Trinajstić information content (AvgIpc) is 3.26. The normalized spacial score (nSPS) is 16.2. The molecule has 0 N–H and O–H groups in total. The van der Waals surface area contributed by atoms with Crippen LogP contribution in [0.15, 0.2) is 82.1 Å². The van der Waals surface area contributed by atoms with E-state index in [1.165, 1.54) is 23.0 Å². The third kappa shape index (κ3) is 4.34. The number of aromatic nitrogens is 1. The molecular formula is C30H25N3O5S. The van der Waals surface area contributed by atoms with E-state index < -0.39 is 11.0 Å². The number of nitrogens with zero attached hydrogens (tertiary/aromatic N) is 3. The van der Waals surface area contributed by atoms with Crippen LogP contribution >= 0.6 is 11.3 Å². The summed E-state index contributed by atoms with van der Waals surface area (Å²) < 4.78 is 13.3. The van der Waals surface area contributed by atoms with Gasteiger partial charge in [0, 0.05) is 17.7 Å². The van der Waals surface area contributed by atoms with Crippen LogP contribution in [0.2, 0.25) is 0 Å². The highest BCUT2D eigenvalue weighted by atomic mass is 32.1. The van der Waals surface area contributed by atoms with Gasteiger partial charge in [0.25, 0.3) is 11.2 Å². The van der Waals surface area contributed by atoms with Gasteiger partial charge >= 0.3 is 0 Å². The van der Waals surface area contributed by atoms with E-state index in [1.807, 2.05) is 49.4 Å². The number of non-ortho nitro benzene ring substituents is 1. The summed E-state index contributed by atoms with van der Waals surface area (Å²) in [7, 11) is 1.58. The van der Waals surface area contributed by atoms with Gasteiger partial charge in [-0.05, 0) is 60.2 Å². The van der Waals surface area contributed by atoms with Crippen molar-refractivity contribution < 1.29 is 14.4 Å². The Balaban J connectivity index is 1.57. The number of hydrogen-bond acceptors (Lipinski definition) is 7. The summed E-state index contributed by atoms with van der Waals surface area (Å²) in [4.78, 5) is 30.7. The Labute approximate surface area is 228 Å². The first-order chi connectivity index (χ1) is 19.0. The minimum Gasteiger partial charge on any atom is -0.493 e. The Morgan fingerprint density at radius 2 is 1.95 bits per heavy atom. The largest absolute Gasteiger partial charge is 0.493 e. The molecule has 0 saturated heterocycles. The van der Waals surface area contributed by atoms with E-state index in [0.717, 1.165) is 28.8 Å². The Morgan fingerprint density at radius 3 is 2.74 bits per heavy atom. The molecule has 1 atom stereocenters. The van der Waals surface area contributed by atoms with E-state index in [0.29, 0.717) is 39.4 Å². The molecule has 0 unspecified atom stereocenters. The van der Waals surface area contributed by atoms with Crippen LogP contribution in [0.3, 0.4) is 0 Å². The van der Waals surface area contributed by atoms with E-state index in [-0.39, 0.29) is 11.2 Å². The van der Waals surface area contributed by atoms with Crippen LogP contribution in [0.25, 0.3) is 11.8 Å². The van der Waals surface area contributed by atoms with Crippen molar-refractivity contribution in [3.05, 3.63) is 124 Å². The van der Waals surface area contributed by atoms with E-state index >= 15 is 0 Å². The zero-order valence-electron chi connectivity index (χ0n) is 21.4. The molecule has 0 bridgehead atoms. The molecule has 1 aliphatic carbocycles. The number of benzene rings is 3. The second-order valence-electron chi connectivity index (χ2n) is 9.31. The number of allylic oxidation sites excluding steroid dienone is 1. The van der Waals surface area contributed by atoms with Gasteiger partial charge in [-0.3, -0.25) is 19.5 Å². The summed E-state index contributed by atoms with van der Waals surface area (Å²) in [5, 5.41) is 11.6. The summed E-state index contributed by atoms with van der Waals surface area (Å²) in [6.45, 7) is 2.42. The van der Waals surface area contributed by atoms with Crippen LogP contribution in [-0.2, 0) is 6.42 Å². The molecule has 0 amide bonds. The zero-order valence-corrected chi connectivity index (χ0v) is 22.2. The lowest BCUT2D eigenvalue weighted by atomic mass is 9.83. The van der Waals surface area contributed by atoms with Crippen LogP contribution in [0, 0.1) is 10.1 Å². The van der Waals surface area contributed by atoms with Crippen molar-refractivity contribution in [3.63, 3.8) is 0 Å². The van der Waals surface area contributed by atoms with Gasteiger partial charge in [0.15, 0.2) is 16.3 Å². The minimum atomic E-state index is -0.485.